The van der Waals surface area contributed by atoms with E-state index in [2.05, 4.69) is 5.32 Å². The van der Waals surface area contributed by atoms with E-state index in [0.29, 0.717) is 18.2 Å². The zero-order chi connectivity index (χ0) is 13.7. The molecule has 2 rings (SSSR count). The van der Waals surface area contributed by atoms with Crippen molar-refractivity contribution in [2.24, 2.45) is 5.92 Å². The molecule has 0 heterocycles. The maximum Gasteiger partial charge on any atom is 0.224 e. The minimum absolute atomic E-state index is 0.0761. The van der Waals surface area contributed by atoms with Gasteiger partial charge in [0.15, 0.2) is 0 Å². The Balaban J connectivity index is 1.86. The summed E-state index contributed by atoms with van der Waals surface area (Å²) in [6, 6.07) is 7.85. The van der Waals surface area contributed by atoms with Gasteiger partial charge in [0.25, 0.3) is 0 Å². The van der Waals surface area contributed by atoms with Crippen LogP contribution in [0.15, 0.2) is 24.3 Å². The Labute approximate surface area is 119 Å². The molecule has 1 saturated carbocycles. The van der Waals surface area contributed by atoms with Gasteiger partial charge in [-0.1, -0.05) is 18.6 Å². The third kappa shape index (κ3) is 3.87. The van der Waals surface area contributed by atoms with Gasteiger partial charge in [0.1, 0.15) is 5.75 Å². The van der Waals surface area contributed by atoms with E-state index in [1.165, 1.54) is 0 Å². The van der Waals surface area contributed by atoms with Crippen molar-refractivity contribution in [2.45, 2.75) is 31.7 Å². The van der Waals surface area contributed by atoms with Crippen LogP contribution in [0, 0.1) is 5.92 Å². The van der Waals surface area contributed by atoms with Crippen molar-refractivity contribution >= 4 is 17.5 Å². The van der Waals surface area contributed by atoms with Crippen molar-refractivity contribution < 1.29 is 9.53 Å². The largest absolute Gasteiger partial charge is 0.497 e. The summed E-state index contributed by atoms with van der Waals surface area (Å²) in [5.74, 6) is 1.95. The maximum absolute atomic E-state index is 12.0. The highest BCUT2D eigenvalue weighted by Gasteiger charge is 2.27. The number of ether oxygens (including phenoxy) is 1. The van der Waals surface area contributed by atoms with E-state index in [1.807, 2.05) is 24.3 Å². The van der Waals surface area contributed by atoms with Gasteiger partial charge in [-0.25, -0.2) is 0 Å². The Morgan fingerprint density at radius 1 is 1.37 bits per heavy atom. The Hall–Kier alpha value is -1.22. The van der Waals surface area contributed by atoms with E-state index in [4.69, 9.17) is 16.3 Å². The summed E-state index contributed by atoms with van der Waals surface area (Å²) in [6.07, 6.45) is 3.74. The lowest BCUT2D eigenvalue weighted by Gasteiger charge is -2.18. The molecule has 0 aromatic heterocycles. The molecular weight excluding hydrogens is 262 g/mol. The summed E-state index contributed by atoms with van der Waals surface area (Å²) in [5, 5.41) is 3.10. The summed E-state index contributed by atoms with van der Waals surface area (Å²) in [6.45, 7) is 0. The molecule has 1 amide bonds. The number of benzene rings is 1. The Bertz CT molecular complexity index is 419. The van der Waals surface area contributed by atoms with Gasteiger partial charge in [-0.05, 0) is 36.5 Å². The molecule has 1 aliphatic carbocycles. The highest BCUT2D eigenvalue weighted by atomic mass is 35.5. The second-order valence-corrected chi connectivity index (χ2v) is 5.35. The molecule has 3 nitrogen and oxygen atoms in total. The van der Waals surface area contributed by atoms with Gasteiger partial charge >= 0.3 is 0 Å². The number of hydrogen-bond donors (Lipinski definition) is 1. The van der Waals surface area contributed by atoms with Crippen LogP contribution < -0.4 is 10.1 Å². The molecule has 1 aliphatic rings. The topological polar surface area (TPSA) is 38.3 Å². The lowest BCUT2D eigenvalue weighted by molar-refractivity contribution is -0.121. The predicted molar refractivity (Wildman–Crippen MR) is 76.7 cm³/mol. The van der Waals surface area contributed by atoms with Crippen LogP contribution in [0.2, 0.25) is 0 Å². The smallest absolute Gasteiger partial charge is 0.224 e. The molecular formula is C15H20ClNO2. The van der Waals surface area contributed by atoms with E-state index < -0.39 is 0 Å². The summed E-state index contributed by atoms with van der Waals surface area (Å²) >= 11 is 5.91. The molecule has 4 heteroatoms. The monoisotopic (exact) mass is 281 g/mol. The van der Waals surface area contributed by atoms with E-state index >= 15 is 0 Å². The summed E-state index contributed by atoms with van der Waals surface area (Å²) in [5.41, 5.74) is 0.999. The molecule has 19 heavy (non-hydrogen) atoms. The van der Waals surface area contributed by atoms with Crippen molar-refractivity contribution in [3.8, 4) is 5.75 Å². The number of nitrogens with one attached hydrogen (secondary N) is 1. The average Bonchev–Trinajstić information content (AvgIpc) is 2.86. The number of hydrogen-bond acceptors (Lipinski definition) is 2. The summed E-state index contributed by atoms with van der Waals surface area (Å²) in [4.78, 5) is 12.0. The first-order valence-corrected chi connectivity index (χ1v) is 7.24. The number of carbonyl (C=O) groups excluding carboxylic acids is 1. The summed E-state index contributed by atoms with van der Waals surface area (Å²) in [7, 11) is 1.63. The zero-order valence-corrected chi connectivity index (χ0v) is 12.0. The lowest BCUT2D eigenvalue weighted by Crippen LogP contribution is -2.38. The standard InChI is InChI=1S/C15H20ClNO2/c1-19-13-7-5-11(6-8-13)9-15(18)17-14-4-2-3-12(14)10-16/h5-8,12,14H,2-4,9-10H2,1H3,(H,17,18). The molecule has 1 fully saturated rings. The fourth-order valence-corrected chi connectivity index (χ4v) is 2.97. The van der Waals surface area contributed by atoms with Gasteiger partial charge in [0, 0.05) is 11.9 Å². The van der Waals surface area contributed by atoms with Crippen molar-refractivity contribution in [3.05, 3.63) is 29.8 Å². The number of alkyl halides is 1. The maximum atomic E-state index is 12.0. The van der Waals surface area contributed by atoms with Crippen molar-refractivity contribution in [1.29, 1.82) is 0 Å². The molecule has 0 aliphatic heterocycles. The first kappa shape index (κ1) is 14.2. The molecule has 1 aromatic rings. The molecule has 2 unspecified atom stereocenters. The Kier molecular flexibility index (Phi) is 5.08. The Morgan fingerprint density at radius 3 is 2.74 bits per heavy atom. The van der Waals surface area contributed by atoms with Crippen LogP contribution in [0.25, 0.3) is 0 Å². The average molecular weight is 282 g/mol. The SMILES string of the molecule is COc1ccc(CC(=O)NC2CCCC2CCl)cc1. The van der Waals surface area contributed by atoms with Crippen LogP contribution in [0.3, 0.4) is 0 Å². The molecule has 0 radical (unpaired) electrons. The molecule has 0 spiro atoms. The molecule has 2 atom stereocenters. The van der Waals surface area contributed by atoms with Gasteiger partial charge in [0.2, 0.25) is 5.91 Å². The van der Waals surface area contributed by atoms with Gasteiger partial charge < -0.3 is 10.1 Å². The molecule has 0 saturated heterocycles. The second-order valence-electron chi connectivity index (χ2n) is 5.04. The molecule has 0 bridgehead atoms. The van der Waals surface area contributed by atoms with Crippen LogP contribution in [-0.2, 0) is 11.2 Å². The van der Waals surface area contributed by atoms with Crippen molar-refractivity contribution in [3.63, 3.8) is 0 Å². The van der Waals surface area contributed by atoms with Gasteiger partial charge in [-0.3, -0.25) is 4.79 Å². The van der Waals surface area contributed by atoms with E-state index in [-0.39, 0.29) is 11.9 Å². The quantitative estimate of drug-likeness (QED) is 0.843. The number of halogens is 1. The fraction of sp³-hybridized carbons (Fsp3) is 0.533. The van der Waals surface area contributed by atoms with Crippen LogP contribution in [0.5, 0.6) is 5.75 Å². The highest BCUT2D eigenvalue weighted by molar-refractivity contribution is 6.18. The van der Waals surface area contributed by atoms with Crippen LogP contribution in [-0.4, -0.2) is 24.9 Å². The summed E-state index contributed by atoms with van der Waals surface area (Å²) < 4.78 is 5.10. The molecule has 1 aromatic carbocycles. The Morgan fingerprint density at radius 2 is 2.11 bits per heavy atom. The van der Waals surface area contributed by atoms with Crippen molar-refractivity contribution in [1.82, 2.24) is 5.32 Å². The first-order valence-electron chi connectivity index (χ1n) is 6.71. The van der Waals surface area contributed by atoms with E-state index in [9.17, 15) is 4.79 Å². The third-order valence-corrected chi connectivity index (χ3v) is 4.12. The predicted octanol–water partition coefficient (Wildman–Crippen LogP) is 2.76. The molecule has 1 N–H and O–H groups in total. The van der Waals surface area contributed by atoms with Crippen LogP contribution >= 0.6 is 11.6 Å². The minimum Gasteiger partial charge on any atom is -0.497 e. The normalized spacial score (nSPS) is 22.2. The number of carbonyl (C=O) groups is 1. The number of methoxy groups -OCH3 is 1. The molecule has 104 valence electrons. The first-order chi connectivity index (χ1) is 9.22. The van der Waals surface area contributed by atoms with E-state index in [0.717, 1.165) is 30.6 Å². The minimum atomic E-state index is 0.0761. The third-order valence-electron chi connectivity index (χ3n) is 3.73. The van der Waals surface area contributed by atoms with Gasteiger partial charge in [0.05, 0.1) is 13.5 Å². The van der Waals surface area contributed by atoms with E-state index in [1.54, 1.807) is 7.11 Å². The zero-order valence-electron chi connectivity index (χ0n) is 11.2. The van der Waals surface area contributed by atoms with Crippen LogP contribution in [0.1, 0.15) is 24.8 Å². The fourth-order valence-electron chi connectivity index (χ4n) is 2.60. The van der Waals surface area contributed by atoms with Gasteiger partial charge in [-0.15, -0.1) is 11.6 Å². The second kappa shape index (κ2) is 6.80. The lowest BCUT2D eigenvalue weighted by atomic mass is 10.1. The number of amides is 1. The highest BCUT2D eigenvalue weighted by Crippen LogP contribution is 2.26. The van der Waals surface area contributed by atoms with Crippen LogP contribution in [0.4, 0.5) is 0 Å². The van der Waals surface area contributed by atoms with Gasteiger partial charge in [-0.2, -0.15) is 0 Å². The van der Waals surface area contributed by atoms with Crippen molar-refractivity contribution in [2.75, 3.05) is 13.0 Å². The number of rotatable bonds is 5.